The van der Waals surface area contributed by atoms with Gasteiger partial charge in [0.15, 0.2) is 0 Å². The summed E-state index contributed by atoms with van der Waals surface area (Å²) in [4.78, 5) is 24.1. The molecule has 0 bridgehead atoms. The van der Waals surface area contributed by atoms with Crippen LogP contribution in [0.5, 0.6) is 5.75 Å². The molecule has 1 N–H and O–H groups in total. The van der Waals surface area contributed by atoms with Crippen molar-refractivity contribution in [3.8, 4) is 5.75 Å². The molecule has 1 saturated heterocycles. The van der Waals surface area contributed by atoms with E-state index in [1.807, 2.05) is 19.1 Å². The maximum atomic E-state index is 12.4. The average molecular weight is 357 g/mol. The molecular weight excluding hydrogens is 334 g/mol. The predicted molar refractivity (Wildman–Crippen MR) is 97.7 cm³/mol. The van der Waals surface area contributed by atoms with Crippen LogP contribution in [0.25, 0.3) is 0 Å². The predicted octanol–water partition coefficient (Wildman–Crippen LogP) is 2.46. The van der Waals surface area contributed by atoms with E-state index in [1.54, 1.807) is 12.1 Å². The van der Waals surface area contributed by atoms with Crippen molar-refractivity contribution in [1.82, 2.24) is 9.78 Å². The molecule has 1 aliphatic rings. The molecule has 138 valence electrons. The number of amides is 1. The molecule has 7 heteroatoms. The number of nitrogens with one attached hydrogen (secondary N) is 1. The third kappa shape index (κ3) is 4.70. The first kappa shape index (κ1) is 18.1. The number of aromatic nitrogens is 2. The van der Waals surface area contributed by atoms with Crippen LogP contribution < -0.4 is 15.6 Å². The van der Waals surface area contributed by atoms with Crippen LogP contribution in [0.1, 0.15) is 36.7 Å². The summed E-state index contributed by atoms with van der Waals surface area (Å²) >= 11 is 0. The molecule has 1 unspecified atom stereocenters. The first-order valence-corrected chi connectivity index (χ1v) is 8.89. The minimum atomic E-state index is -0.369. The third-order valence-corrected chi connectivity index (χ3v) is 4.09. The number of rotatable bonds is 7. The van der Waals surface area contributed by atoms with Crippen molar-refractivity contribution in [3.05, 3.63) is 52.4 Å². The number of aryl methyl sites for hydroxylation is 1. The van der Waals surface area contributed by atoms with Crippen LogP contribution in [0, 0.1) is 0 Å². The first-order chi connectivity index (χ1) is 12.7. The highest BCUT2D eigenvalue weighted by molar-refractivity contribution is 6.02. The van der Waals surface area contributed by atoms with E-state index in [4.69, 9.17) is 9.47 Å². The van der Waals surface area contributed by atoms with Gasteiger partial charge in [0.25, 0.3) is 11.5 Å². The van der Waals surface area contributed by atoms with Crippen molar-refractivity contribution in [1.29, 1.82) is 0 Å². The van der Waals surface area contributed by atoms with Crippen LogP contribution in [0.15, 0.2) is 41.2 Å². The zero-order chi connectivity index (χ0) is 18.4. The Labute approximate surface area is 151 Å². The number of hydrogen-bond acceptors (Lipinski definition) is 5. The molecule has 1 aromatic heterocycles. The first-order valence-electron chi connectivity index (χ1n) is 8.89. The van der Waals surface area contributed by atoms with E-state index in [0.717, 1.165) is 25.9 Å². The van der Waals surface area contributed by atoms with Crippen molar-refractivity contribution in [2.45, 2.75) is 38.8 Å². The molecule has 0 aliphatic carbocycles. The van der Waals surface area contributed by atoms with Gasteiger partial charge in [0.05, 0.1) is 6.10 Å². The van der Waals surface area contributed by atoms with Crippen LogP contribution >= 0.6 is 0 Å². The second-order valence-corrected chi connectivity index (χ2v) is 6.21. The summed E-state index contributed by atoms with van der Waals surface area (Å²) < 4.78 is 12.6. The molecular formula is C19H23N3O4. The second kappa shape index (κ2) is 8.62. The molecule has 2 heterocycles. The van der Waals surface area contributed by atoms with Gasteiger partial charge in [0.2, 0.25) is 0 Å². The lowest BCUT2D eigenvalue weighted by Crippen LogP contribution is -2.26. The van der Waals surface area contributed by atoms with E-state index in [9.17, 15) is 9.59 Å². The molecule has 1 atom stereocenters. The summed E-state index contributed by atoms with van der Waals surface area (Å²) in [6.07, 6.45) is 2.98. The second-order valence-electron chi connectivity index (χ2n) is 6.21. The summed E-state index contributed by atoms with van der Waals surface area (Å²) in [5.74, 6) is 0.299. The number of carbonyl (C=O) groups is 1. The van der Waals surface area contributed by atoms with E-state index in [1.165, 1.54) is 16.8 Å². The Morgan fingerprint density at radius 1 is 1.38 bits per heavy atom. The van der Waals surface area contributed by atoms with E-state index >= 15 is 0 Å². The maximum absolute atomic E-state index is 12.4. The minimum Gasteiger partial charge on any atom is -0.491 e. The topological polar surface area (TPSA) is 82.5 Å². The normalized spacial score (nSPS) is 16.4. The zero-order valence-electron chi connectivity index (χ0n) is 14.8. The fraction of sp³-hybridized carbons (Fsp3) is 0.421. The highest BCUT2D eigenvalue weighted by Gasteiger charge is 2.16. The fourth-order valence-electron chi connectivity index (χ4n) is 2.77. The number of carbonyl (C=O) groups excluding carboxylic acids is 1. The Bertz CT molecular complexity index is 812. The highest BCUT2D eigenvalue weighted by Crippen LogP contribution is 2.20. The molecule has 1 aliphatic heterocycles. The summed E-state index contributed by atoms with van der Waals surface area (Å²) in [6, 6.07) is 9.98. The van der Waals surface area contributed by atoms with E-state index in [0.29, 0.717) is 24.6 Å². The lowest BCUT2D eigenvalue weighted by Gasteiger charge is -2.12. The van der Waals surface area contributed by atoms with Crippen LogP contribution in [0.3, 0.4) is 0 Å². The van der Waals surface area contributed by atoms with Gasteiger partial charge in [-0.3, -0.25) is 9.59 Å². The Balaban J connectivity index is 1.64. The molecule has 7 nitrogen and oxygen atoms in total. The number of hydrogen-bond donors (Lipinski definition) is 1. The summed E-state index contributed by atoms with van der Waals surface area (Å²) in [6.45, 7) is 3.72. The van der Waals surface area contributed by atoms with Crippen LogP contribution in [-0.4, -0.2) is 35.0 Å². The van der Waals surface area contributed by atoms with Gasteiger partial charge in [-0.05, 0) is 37.5 Å². The lowest BCUT2D eigenvalue weighted by atomic mass is 10.2. The standard InChI is InChI=1S/C19H23N3O4/c1-2-10-22-18(23)9-8-17(21-22)19(24)20-14-5-3-6-15(12-14)26-13-16-7-4-11-25-16/h3,5-6,8-9,12,16H,2,4,7,10-11,13H2,1H3,(H,20,24). The van der Waals surface area contributed by atoms with Gasteiger partial charge >= 0.3 is 0 Å². The van der Waals surface area contributed by atoms with E-state index in [-0.39, 0.29) is 23.3 Å². The summed E-state index contributed by atoms with van der Waals surface area (Å²) in [5.41, 5.74) is 0.589. The van der Waals surface area contributed by atoms with Gasteiger partial charge in [-0.25, -0.2) is 4.68 Å². The van der Waals surface area contributed by atoms with Gasteiger partial charge in [-0.15, -0.1) is 0 Å². The van der Waals surface area contributed by atoms with Crippen molar-refractivity contribution in [3.63, 3.8) is 0 Å². The molecule has 26 heavy (non-hydrogen) atoms. The van der Waals surface area contributed by atoms with Crippen molar-refractivity contribution < 1.29 is 14.3 Å². The lowest BCUT2D eigenvalue weighted by molar-refractivity contribution is 0.0680. The molecule has 3 rings (SSSR count). The van der Waals surface area contributed by atoms with Crippen molar-refractivity contribution in [2.75, 3.05) is 18.5 Å². The molecule has 1 fully saturated rings. The molecule has 0 radical (unpaired) electrons. The van der Waals surface area contributed by atoms with Crippen molar-refractivity contribution in [2.24, 2.45) is 0 Å². The third-order valence-electron chi connectivity index (χ3n) is 4.09. The van der Waals surface area contributed by atoms with Gasteiger partial charge in [-0.2, -0.15) is 5.10 Å². The smallest absolute Gasteiger partial charge is 0.276 e. The van der Waals surface area contributed by atoms with E-state index < -0.39 is 0 Å². The minimum absolute atomic E-state index is 0.136. The van der Waals surface area contributed by atoms with Gasteiger partial charge in [0, 0.05) is 31.0 Å². The fourth-order valence-corrected chi connectivity index (χ4v) is 2.77. The Kier molecular flexibility index (Phi) is 6.01. The highest BCUT2D eigenvalue weighted by atomic mass is 16.5. The van der Waals surface area contributed by atoms with Crippen LogP contribution in [0.2, 0.25) is 0 Å². The quantitative estimate of drug-likeness (QED) is 0.823. The van der Waals surface area contributed by atoms with Gasteiger partial charge in [-0.1, -0.05) is 13.0 Å². The molecule has 2 aromatic rings. The van der Waals surface area contributed by atoms with E-state index in [2.05, 4.69) is 10.4 Å². The maximum Gasteiger partial charge on any atom is 0.276 e. The number of anilines is 1. The molecule has 0 spiro atoms. The Morgan fingerprint density at radius 3 is 3.04 bits per heavy atom. The largest absolute Gasteiger partial charge is 0.491 e. The SMILES string of the molecule is CCCn1nc(C(=O)Nc2cccc(OCC3CCCO3)c2)ccc1=O. The van der Waals surface area contributed by atoms with Crippen LogP contribution in [0.4, 0.5) is 5.69 Å². The Morgan fingerprint density at radius 2 is 2.27 bits per heavy atom. The molecule has 1 aromatic carbocycles. The Hall–Kier alpha value is -2.67. The monoisotopic (exact) mass is 357 g/mol. The van der Waals surface area contributed by atoms with Gasteiger partial charge < -0.3 is 14.8 Å². The number of nitrogens with zero attached hydrogens (tertiary/aromatic N) is 2. The van der Waals surface area contributed by atoms with Gasteiger partial charge in [0.1, 0.15) is 18.1 Å². The summed E-state index contributed by atoms with van der Waals surface area (Å²) in [5, 5.41) is 6.90. The summed E-state index contributed by atoms with van der Waals surface area (Å²) in [7, 11) is 0. The zero-order valence-corrected chi connectivity index (χ0v) is 14.8. The molecule has 1 amide bonds. The average Bonchev–Trinajstić information content (AvgIpc) is 3.16. The van der Waals surface area contributed by atoms with Crippen LogP contribution in [-0.2, 0) is 11.3 Å². The molecule has 0 saturated carbocycles. The van der Waals surface area contributed by atoms with Crippen molar-refractivity contribution >= 4 is 11.6 Å². The number of benzene rings is 1. The number of ether oxygens (including phenoxy) is 2.